The Hall–Kier alpha value is -2.59. The number of rotatable bonds is 5. The van der Waals surface area contributed by atoms with E-state index in [-0.39, 0.29) is 11.5 Å². The van der Waals surface area contributed by atoms with Crippen LogP contribution in [0.3, 0.4) is 0 Å². The van der Waals surface area contributed by atoms with Crippen LogP contribution in [0, 0.1) is 0 Å². The predicted octanol–water partition coefficient (Wildman–Crippen LogP) is 4.10. The van der Waals surface area contributed by atoms with E-state index in [2.05, 4.69) is 29.4 Å². The van der Waals surface area contributed by atoms with Crippen LogP contribution < -0.4 is 10.9 Å². The van der Waals surface area contributed by atoms with Crippen molar-refractivity contribution in [2.75, 3.05) is 11.9 Å². The highest BCUT2D eigenvalue weighted by atomic mass is 35.5. The van der Waals surface area contributed by atoms with E-state index in [4.69, 9.17) is 11.6 Å². The zero-order chi connectivity index (χ0) is 16.9. The number of nitrogens with one attached hydrogen (secondary N) is 1. The average molecular weight is 340 g/mol. The average Bonchev–Trinajstić information content (AvgIpc) is 2.61. The number of aromatic nitrogens is 2. The molecule has 0 aliphatic heterocycles. The van der Waals surface area contributed by atoms with E-state index >= 15 is 0 Å². The fraction of sp³-hybridized carbons (Fsp3) is 0.158. The summed E-state index contributed by atoms with van der Waals surface area (Å²) in [6, 6.07) is 17.4. The Kier molecular flexibility index (Phi) is 4.96. The lowest BCUT2D eigenvalue weighted by atomic mass is 10.0. The molecule has 0 aliphatic carbocycles. The predicted molar refractivity (Wildman–Crippen MR) is 98.2 cm³/mol. The summed E-state index contributed by atoms with van der Waals surface area (Å²) in [6.07, 6.45) is 3.25. The molecule has 1 heterocycles. The molecule has 4 nitrogen and oxygen atoms in total. The molecule has 0 saturated carbocycles. The van der Waals surface area contributed by atoms with E-state index in [0.29, 0.717) is 23.1 Å². The molecule has 3 rings (SSSR count). The normalized spacial score (nSPS) is 11.9. The van der Waals surface area contributed by atoms with E-state index < -0.39 is 0 Å². The molecule has 24 heavy (non-hydrogen) atoms. The summed E-state index contributed by atoms with van der Waals surface area (Å²) in [6.45, 7) is 2.74. The number of halogens is 1. The highest BCUT2D eigenvalue weighted by Gasteiger charge is 2.09. The van der Waals surface area contributed by atoms with E-state index in [0.717, 1.165) is 0 Å². The quantitative estimate of drug-likeness (QED) is 0.761. The van der Waals surface area contributed by atoms with Gasteiger partial charge >= 0.3 is 0 Å². The first-order chi connectivity index (χ1) is 11.6. The van der Waals surface area contributed by atoms with E-state index in [1.165, 1.54) is 10.1 Å². The first-order valence-corrected chi connectivity index (χ1v) is 8.15. The molecule has 122 valence electrons. The fourth-order valence-corrected chi connectivity index (χ4v) is 2.70. The number of nitrogens with zero attached hydrogens (tertiary/aromatic N) is 2. The SMILES string of the molecule is C[C@@H](CNc1nccn(-c2cccc(Cl)c2)c1=O)c1ccccc1. The third-order valence-electron chi connectivity index (χ3n) is 3.87. The van der Waals surface area contributed by atoms with Crippen LogP contribution >= 0.6 is 11.6 Å². The van der Waals surface area contributed by atoms with Crippen LogP contribution in [0.1, 0.15) is 18.4 Å². The number of hydrogen-bond donors (Lipinski definition) is 1. The van der Waals surface area contributed by atoms with Crippen LogP contribution in [0.4, 0.5) is 5.82 Å². The molecule has 1 atom stereocenters. The first-order valence-electron chi connectivity index (χ1n) is 7.77. The minimum Gasteiger partial charge on any atom is -0.365 e. The molecule has 0 bridgehead atoms. The molecule has 1 N–H and O–H groups in total. The van der Waals surface area contributed by atoms with Gasteiger partial charge < -0.3 is 5.32 Å². The van der Waals surface area contributed by atoms with Crippen molar-refractivity contribution < 1.29 is 0 Å². The minimum absolute atomic E-state index is 0.194. The van der Waals surface area contributed by atoms with E-state index in [9.17, 15) is 4.79 Å². The van der Waals surface area contributed by atoms with Gasteiger partial charge in [0.1, 0.15) is 0 Å². The van der Waals surface area contributed by atoms with Crippen LogP contribution in [0.15, 0.2) is 71.8 Å². The molecule has 5 heteroatoms. The van der Waals surface area contributed by atoms with E-state index in [1.807, 2.05) is 30.3 Å². The van der Waals surface area contributed by atoms with Crippen molar-refractivity contribution in [3.63, 3.8) is 0 Å². The van der Waals surface area contributed by atoms with Gasteiger partial charge in [-0.1, -0.05) is 54.9 Å². The summed E-state index contributed by atoms with van der Waals surface area (Å²) >= 11 is 6.01. The zero-order valence-corrected chi connectivity index (χ0v) is 14.1. The summed E-state index contributed by atoms with van der Waals surface area (Å²) in [5, 5.41) is 3.75. The van der Waals surface area contributed by atoms with Crippen LogP contribution in [0.2, 0.25) is 5.02 Å². The third kappa shape index (κ3) is 3.66. The monoisotopic (exact) mass is 339 g/mol. The number of anilines is 1. The lowest BCUT2D eigenvalue weighted by Gasteiger charge is -2.14. The standard InChI is InChI=1S/C19H18ClN3O/c1-14(15-6-3-2-4-7-15)13-22-18-19(24)23(11-10-21-18)17-9-5-8-16(20)12-17/h2-12,14H,13H2,1H3,(H,21,22)/t14-/m0/s1. The molecule has 0 spiro atoms. The summed E-state index contributed by atoms with van der Waals surface area (Å²) in [5.74, 6) is 0.604. The van der Waals surface area contributed by atoms with Crippen LogP contribution in [0.25, 0.3) is 5.69 Å². The van der Waals surface area contributed by atoms with Crippen LogP contribution in [-0.2, 0) is 0 Å². The highest BCUT2D eigenvalue weighted by molar-refractivity contribution is 6.30. The Bertz CT molecular complexity index is 877. The van der Waals surface area contributed by atoms with E-state index in [1.54, 1.807) is 24.5 Å². The van der Waals surface area contributed by atoms with Gasteiger partial charge in [0.15, 0.2) is 5.82 Å². The van der Waals surface area contributed by atoms with Crippen molar-refractivity contribution in [1.82, 2.24) is 9.55 Å². The summed E-state index contributed by atoms with van der Waals surface area (Å²) < 4.78 is 1.54. The molecular formula is C19H18ClN3O. The molecule has 0 fully saturated rings. The van der Waals surface area contributed by atoms with Crippen molar-refractivity contribution in [3.05, 3.63) is 87.9 Å². The second-order valence-corrected chi connectivity index (χ2v) is 6.06. The summed E-state index contributed by atoms with van der Waals surface area (Å²) in [4.78, 5) is 16.8. The Morgan fingerprint density at radius 2 is 1.96 bits per heavy atom. The van der Waals surface area contributed by atoms with Crippen LogP contribution in [0.5, 0.6) is 0 Å². The lowest BCUT2D eigenvalue weighted by molar-refractivity contribution is 0.796. The van der Waals surface area contributed by atoms with Gasteiger partial charge in [0, 0.05) is 24.0 Å². The molecule has 0 saturated heterocycles. The zero-order valence-electron chi connectivity index (χ0n) is 13.3. The summed E-state index contributed by atoms with van der Waals surface area (Å²) in [7, 11) is 0. The van der Waals surface area contributed by atoms with Gasteiger partial charge in [0.25, 0.3) is 5.56 Å². The Labute approximate surface area is 145 Å². The van der Waals surface area contributed by atoms with Crippen molar-refractivity contribution in [1.29, 1.82) is 0 Å². The maximum atomic E-state index is 12.6. The lowest BCUT2D eigenvalue weighted by Crippen LogP contribution is -2.24. The minimum atomic E-state index is -0.194. The van der Waals surface area contributed by atoms with Gasteiger partial charge in [-0.15, -0.1) is 0 Å². The molecule has 3 aromatic rings. The highest BCUT2D eigenvalue weighted by Crippen LogP contribution is 2.15. The van der Waals surface area contributed by atoms with Crippen LogP contribution in [-0.4, -0.2) is 16.1 Å². The summed E-state index contributed by atoms with van der Waals surface area (Å²) in [5.41, 5.74) is 1.74. The number of benzene rings is 2. The van der Waals surface area contributed by atoms with Gasteiger partial charge in [-0.25, -0.2) is 4.98 Å². The molecular weight excluding hydrogens is 322 g/mol. The second kappa shape index (κ2) is 7.32. The smallest absolute Gasteiger partial charge is 0.297 e. The maximum Gasteiger partial charge on any atom is 0.297 e. The van der Waals surface area contributed by atoms with Gasteiger partial charge in [-0.3, -0.25) is 9.36 Å². The molecule has 1 aromatic heterocycles. The van der Waals surface area contributed by atoms with Gasteiger partial charge in [-0.2, -0.15) is 0 Å². The molecule has 0 amide bonds. The second-order valence-electron chi connectivity index (χ2n) is 5.62. The Morgan fingerprint density at radius 3 is 2.71 bits per heavy atom. The molecule has 2 aromatic carbocycles. The first kappa shape index (κ1) is 16.3. The number of hydrogen-bond acceptors (Lipinski definition) is 3. The Balaban J connectivity index is 1.80. The Morgan fingerprint density at radius 1 is 1.17 bits per heavy atom. The van der Waals surface area contributed by atoms with Crippen molar-refractivity contribution in [3.8, 4) is 5.69 Å². The molecule has 0 unspecified atom stereocenters. The van der Waals surface area contributed by atoms with Crippen molar-refractivity contribution in [2.24, 2.45) is 0 Å². The van der Waals surface area contributed by atoms with Gasteiger partial charge in [0.2, 0.25) is 0 Å². The van der Waals surface area contributed by atoms with Crippen molar-refractivity contribution in [2.45, 2.75) is 12.8 Å². The van der Waals surface area contributed by atoms with Gasteiger partial charge in [0.05, 0.1) is 5.69 Å². The van der Waals surface area contributed by atoms with Gasteiger partial charge in [-0.05, 0) is 29.7 Å². The largest absolute Gasteiger partial charge is 0.365 e. The maximum absolute atomic E-state index is 12.6. The fourth-order valence-electron chi connectivity index (χ4n) is 2.51. The molecule has 0 aliphatic rings. The topological polar surface area (TPSA) is 46.9 Å². The van der Waals surface area contributed by atoms with Crippen molar-refractivity contribution >= 4 is 17.4 Å². The third-order valence-corrected chi connectivity index (χ3v) is 4.11. The molecule has 0 radical (unpaired) electrons.